The predicted octanol–water partition coefficient (Wildman–Crippen LogP) is 4.79. The van der Waals surface area contributed by atoms with E-state index in [0.717, 1.165) is 70.6 Å². The maximum Gasteiger partial charge on any atom is 0.222 e. The monoisotopic (exact) mass is 498 g/mol. The van der Waals surface area contributed by atoms with Crippen molar-refractivity contribution in [3.05, 3.63) is 59.9 Å². The van der Waals surface area contributed by atoms with Crippen LogP contribution in [0.4, 0.5) is 4.39 Å². The first-order valence-corrected chi connectivity index (χ1v) is 13.3. The molecule has 0 aromatic heterocycles. The molecule has 2 aliphatic heterocycles. The molecule has 0 bridgehead atoms. The standard InChI is InChI=1S/C29H39FN2O4/c30-26-11-3-4-12-27(26)36-23-29(34)14-7-16-31(19-15-29)22-24-9-6-10-25(21-24)35-20-8-18-32-17-5-1-2-13-28(32)33/h3-4,6,9-12,21,34H,1-2,5,7-8,13-20,22-23H2/t29-/m0/s1. The molecule has 1 N–H and O–H groups in total. The van der Waals surface area contributed by atoms with E-state index in [1.54, 1.807) is 18.2 Å². The summed E-state index contributed by atoms with van der Waals surface area (Å²) >= 11 is 0. The maximum atomic E-state index is 13.9. The van der Waals surface area contributed by atoms with Gasteiger partial charge in [0.25, 0.3) is 0 Å². The van der Waals surface area contributed by atoms with Crippen molar-refractivity contribution in [2.24, 2.45) is 0 Å². The number of hydrogen-bond donors (Lipinski definition) is 1. The van der Waals surface area contributed by atoms with Gasteiger partial charge < -0.3 is 19.5 Å². The first-order valence-electron chi connectivity index (χ1n) is 13.3. The van der Waals surface area contributed by atoms with Crippen molar-refractivity contribution in [3.63, 3.8) is 0 Å². The summed E-state index contributed by atoms with van der Waals surface area (Å²) in [6.45, 7) is 4.72. The molecular formula is C29H39FN2O4. The molecule has 2 fully saturated rings. The van der Waals surface area contributed by atoms with Gasteiger partial charge in [-0.2, -0.15) is 0 Å². The Balaban J connectivity index is 1.21. The van der Waals surface area contributed by atoms with Gasteiger partial charge in [-0.3, -0.25) is 9.69 Å². The molecule has 6 nitrogen and oxygen atoms in total. The Morgan fingerprint density at radius 3 is 2.72 bits per heavy atom. The minimum atomic E-state index is -0.962. The van der Waals surface area contributed by atoms with Crippen LogP contribution in [0, 0.1) is 5.82 Å². The third-order valence-electron chi connectivity index (χ3n) is 7.16. The Bertz CT molecular complexity index is 987. The molecule has 2 aliphatic rings. The molecule has 4 rings (SSSR count). The quantitative estimate of drug-likeness (QED) is 0.477. The fraction of sp³-hybridized carbons (Fsp3) is 0.552. The molecule has 0 aliphatic carbocycles. The zero-order valence-electron chi connectivity index (χ0n) is 21.2. The van der Waals surface area contributed by atoms with Crippen LogP contribution in [0.25, 0.3) is 0 Å². The summed E-state index contributed by atoms with van der Waals surface area (Å²) in [7, 11) is 0. The average Bonchev–Trinajstić information content (AvgIpc) is 3.19. The van der Waals surface area contributed by atoms with Crippen LogP contribution in [-0.2, 0) is 11.3 Å². The van der Waals surface area contributed by atoms with E-state index in [2.05, 4.69) is 17.0 Å². The van der Waals surface area contributed by atoms with Crippen LogP contribution in [0.3, 0.4) is 0 Å². The highest BCUT2D eigenvalue weighted by molar-refractivity contribution is 5.76. The minimum absolute atomic E-state index is 0.0914. The van der Waals surface area contributed by atoms with Crippen LogP contribution >= 0.6 is 0 Å². The second-order valence-electron chi connectivity index (χ2n) is 10.1. The molecular weight excluding hydrogens is 459 g/mol. The Kier molecular flexibility index (Phi) is 9.59. The molecule has 7 heteroatoms. The predicted molar refractivity (Wildman–Crippen MR) is 138 cm³/mol. The number of benzene rings is 2. The van der Waals surface area contributed by atoms with Gasteiger partial charge in [-0.15, -0.1) is 0 Å². The number of carbonyl (C=O) groups excluding carboxylic acids is 1. The number of ether oxygens (including phenoxy) is 2. The Labute approximate surface area is 214 Å². The summed E-state index contributed by atoms with van der Waals surface area (Å²) in [5.74, 6) is 0.896. The number of rotatable bonds is 10. The summed E-state index contributed by atoms with van der Waals surface area (Å²) in [4.78, 5) is 16.5. The zero-order valence-corrected chi connectivity index (χ0v) is 21.2. The topological polar surface area (TPSA) is 62.2 Å². The Morgan fingerprint density at radius 1 is 0.944 bits per heavy atom. The molecule has 1 amide bonds. The highest BCUT2D eigenvalue weighted by Crippen LogP contribution is 2.26. The van der Waals surface area contributed by atoms with Gasteiger partial charge in [0.2, 0.25) is 5.91 Å². The van der Waals surface area contributed by atoms with Crippen LogP contribution in [0.2, 0.25) is 0 Å². The minimum Gasteiger partial charge on any atom is -0.494 e. The third-order valence-corrected chi connectivity index (χ3v) is 7.16. The summed E-state index contributed by atoms with van der Waals surface area (Å²) in [5, 5.41) is 11.1. The van der Waals surface area contributed by atoms with Crippen molar-refractivity contribution >= 4 is 5.91 Å². The third kappa shape index (κ3) is 7.93. The average molecular weight is 499 g/mol. The summed E-state index contributed by atoms with van der Waals surface area (Å²) in [6, 6.07) is 14.5. The Hall–Kier alpha value is -2.64. The van der Waals surface area contributed by atoms with Crippen molar-refractivity contribution in [1.82, 2.24) is 9.80 Å². The first-order chi connectivity index (χ1) is 17.5. The molecule has 2 aromatic rings. The van der Waals surface area contributed by atoms with Crippen LogP contribution in [0.15, 0.2) is 48.5 Å². The number of likely N-dealkylation sites (tertiary alicyclic amines) is 2. The van der Waals surface area contributed by atoms with E-state index in [4.69, 9.17) is 9.47 Å². The molecule has 0 unspecified atom stereocenters. The van der Waals surface area contributed by atoms with Gasteiger partial charge in [0.05, 0.1) is 12.2 Å². The van der Waals surface area contributed by atoms with E-state index in [-0.39, 0.29) is 18.3 Å². The maximum absolute atomic E-state index is 13.9. The first kappa shape index (κ1) is 26.4. The van der Waals surface area contributed by atoms with Gasteiger partial charge in [-0.25, -0.2) is 4.39 Å². The lowest BCUT2D eigenvalue weighted by Crippen LogP contribution is -2.37. The lowest BCUT2D eigenvalue weighted by atomic mass is 9.96. The van der Waals surface area contributed by atoms with Crippen molar-refractivity contribution in [1.29, 1.82) is 0 Å². The smallest absolute Gasteiger partial charge is 0.222 e. The van der Waals surface area contributed by atoms with E-state index < -0.39 is 11.4 Å². The van der Waals surface area contributed by atoms with Crippen molar-refractivity contribution in [2.75, 3.05) is 39.4 Å². The fourth-order valence-corrected chi connectivity index (χ4v) is 5.02. The number of nitrogens with zero attached hydrogens (tertiary/aromatic N) is 2. The van der Waals surface area contributed by atoms with Gasteiger partial charge in [0, 0.05) is 32.6 Å². The van der Waals surface area contributed by atoms with E-state index >= 15 is 0 Å². The zero-order chi connectivity index (χ0) is 25.2. The lowest BCUT2D eigenvalue weighted by molar-refractivity contribution is -0.130. The number of para-hydroxylation sites is 1. The van der Waals surface area contributed by atoms with Crippen molar-refractivity contribution in [2.45, 2.75) is 63.5 Å². The molecule has 1 atom stereocenters. The summed E-state index contributed by atoms with van der Waals surface area (Å²) < 4.78 is 25.5. The molecule has 196 valence electrons. The summed E-state index contributed by atoms with van der Waals surface area (Å²) in [6.07, 6.45) is 6.81. The van der Waals surface area contributed by atoms with Crippen molar-refractivity contribution < 1.29 is 23.8 Å². The number of halogens is 1. The molecule has 0 saturated carbocycles. The molecule has 0 spiro atoms. The van der Waals surface area contributed by atoms with Gasteiger partial charge >= 0.3 is 0 Å². The van der Waals surface area contributed by atoms with Gasteiger partial charge in [0.1, 0.15) is 12.4 Å². The van der Waals surface area contributed by atoms with E-state index in [1.165, 1.54) is 11.6 Å². The van der Waals surface area contributed by atoms with E-state index in [1.807, 2.05) is 17.0 Å². The second-order valence-corrected chi connectivity index (χ2v) is 10.1. The number of carbonyl (C=O) groups is 1. The lowest BCUT2D eigenvalue weighted by Gasteiger charge is -2.27. The fourth-order valence-electron chi connectivity index (χ4n) is 5.02. The molecule has 2 saturated heterocycles. The normalized spacial score (nSPS) is 21.6. The van der Waals surface area contributed by atoms with E-state index in [0.29, 0.717) is 25.9 Å². The van der Waals surface area contributed by atoms with Gasteiger partial charge in [-0.05, 0) is 74.9 Å². The highest BCUT2D eigenvalue weighted by atomic mass is 19.1. The van der Waals surface area contributed by atoms with Crippen LogP contribution < -0.4 is 9.47 Å². The van der Waals surface area contributed by atoms with Crippen LogP contribution in [-0.4, -0.2) is 65.8 Å². The largest absolute Gasteiger partial charge is 0.494 e. The number of amides is 1. The molecule has 0 radical (unpaired) electrons. The number of hydrogen-bond acceptors (Lipinski definition) is 5. The van der Waals surface area contributed by atoms with Crippen LogP contribution in [0.1, 0.15) is 56.9 Å². The second kappa shape index (κ2) is 13.1. The van der Waals surface area contributed by atoms with Gasteiger partial charge in [-0.1, -0.05) is 30.7 Å². The van der Waals surface area contributed by atoms with Crippen LogP contribution in [0.5, 0.6) is 11.5 Å². The molecule has 36 heavy (non-hydrogen) atoms. The summed E-state index contributed by atoms with van der Waals surface area (Å²) in [5.41, 5.74) is 0.208. The highest BCUT2D eigenvalue weighted by Gasteiger charge is 2.31. The SMILES string of the molecule is O=C1CCCCCN1CCCOc1cccc(CN2CCC[C@@](O)(COc3ccccc3F)CC2)c1. The Morgan fingerprint density at radius 2 is 1.83 bits per heavy atom. The molecule has 2 heterocycles. The number of aliphatic hydroxyl groups is 1. The molecule has 2 aromatic carbocycles. The van der Waals surface area contributed by atoms with Gasteiger partial charge in [0.15, 0.2) is 11.6 Å². The van der Waals surface area contributed by atoms with E-state index in [9.17, 15) is 14.3 Å². The van der Waals surface area contributed by atoms with Crippen molar-refractivity contribution in [3.8, 4) is 11.5 Å².